The Balaban J connectivity index is 3.46. The fourth-order valence-electron chi connectivity index (χ4n) is 0.571. The Kier molecular flexibility index (Phi) is 1.23. The molecular formula is C7H8BrN. The van der Waals surface area contributed by atoms with Crippen molar-refractivity contribution in [2.24, 2.45) is 0 Å². The number of rotatable bonds is 0. The molecule has 0 spiro atoms. The van der Waals surface area contributed by atoms with E-state index in [2.05, 4.69) is 20.9 Å². The molecule has 0 aliphatic rings. The third kappa shape index (κ3) is 1.52. The van der Waals surface area contributed by atoms with Gasteiger partial charge < -0.3 is 0 Å². The van der Waals surface area contributed by atoms with Gasteiger partial charge in [-0.05, 0) is 41.4 Å². The highest BCUT2D eigenvalue weighted by molar-refractivity contribution is 9.10. The molecule has 0 atom stereocenters. The second-order valence-electron chi connectivity index (χ2n) is 1.87. The summed E-state index contributed by atoms with van der Waals surface area (Å²) >= 11 is 3.19. The van der Waals surface area contributed by atoms with Crippen molar-refractivity contribution in [3.63, 3.8) is 0 Å². The van der Waals surface area contributed by atoms with Gasteiger partial charge in [-0.25, -0.2) is 0 Å². The van der Waals surface area contributed by atoms with Crippen LogP contribution >= 0.6 is 15.9 Å². The van der Waals surface area contributed by atoms with E-state index in [4.69, 9.17) is 2.74 Å². The van der Waals surface area contributed by atoms with E-state index in [0.717, 1.165) is 5.56 Å². The quantitative estimate of drug-likeness (QED) is 0.609. The highest BCUT2D eigenvalue weighted by Crippen LogP contribution is 2.13. The average molecular weight is 188 g/mol. The Morgan fingerprint density at radius 3 is 3.00 bits per heavy atom. The Bertz CT molecular complexity index is 273. The topological polar surface area (TPSA) is 12.9 Å². The molecule has 1 nitrogen and oxygen atoms in total. The minimum absolute atomic E-state index is 0.205. The van der Waals surface area contributed by atoms with E-state index in [1.807, 2.05) is 0 Å². The average Bonchev–Trinajstić information content (AvgIpc) is 1.97. The molecule has 0 saturated carbocycles. The number of hydrogen-bond acceptors (Lipinski definition) is 1. The lowest BCUT2D eigenvalue weighted by Crippen LogP contribution is -1.82. The second kappa shape index (κ2) is 2.48. The molecule has 0 aliphatic heterocycles. The second-order valence-corrected chi connectivity index (χ2v) is 2.67. The maximum Gasteiger partial charge on any atom is 0.0852 e. The van der Waals surface area contributed by atoms with Crippen molar-refractivity contribution in [3.05, 3.63) is 27.9 Å². The molecule has 0 amide bonds. The summed E-state index contributed by atoms with van der Waals surface area (Å²) in [4.78, 5) is 3.87. The summed E-state index contributed by atoms with van der Waals surface area (Å²) in [6.45, 7) is 3.54. The third-order valence-electron chi connectivity index (χ3n) is 1.02. The maximum atomic E-state index is 7.51. The zero-order valence-corrected chi connectivity index (χ0v) is 6.91. The lowest BCUT2D eigenvalue weighted by molar-refractivity contribution is 1.16. The molecule has 1 aromatic rings. The summed E-state index contributed by atoms with van der Waals surface area (Å²) in [5.74, 6) is 0. The first-order chi connectivity index (χ1) is 5.04. The van der Waals surface area contributed by atoms with Gasteiger partial charge in [-0.2, -0.15) is 0 Å². The summed E-state index contributed by atoms with van der Waals surface area (Å²) in [7, 11) is 0. The first-order valence-electron chi connectivity index (χ1n) is 3.64. The van der Waals surface area contributed by atoms with Crippen molar-refractivity contribution >= 4 is 15.9 Å². The third-order valence-corrected chi connectivity index (χ3v) is 1.79. The molecule has 2 heteroatoms. The summed E-state index contributed by atoms with van der Waals surface area (Å²) in [5, 5.41) is 0. The summed E-state index contributed by atoms with van der Waals surface area (Å²) in [6.07, 6.45) is 0.205. The fourth-order valence-corrected chi connectivity index (χ4v) is 0.759. The monoisotopic (exact) mass is 187 g/mol. The normalized spacial score (nSPS) is 12.8. The Morgan fingerprint density at radius 1 is 1.67 bits per heavy atom. The van der Waals surface area contributed by atoms with E-state index in [9.17, 15) is 0 Å². The molecule has 1 aromatic heterocycles. The standard InChI is InChI=1S/C7H8BrN/c1-5-3-6(2)9-4-7(5)8/h3-4H,1-2H3/i3D,4D. The number of nitrogens with zero attached hydrogens (tertiary/aromatic N) is 1. The van der Waals surface area contributed by atoms with E-state index >= 15 is 0 Å². The van der Waals surface area contributed by atoms with Gasteiger partial charge in [0.05, 0.1) is 2.74 Å². The molecular weight excluding hydrogens is 178 g/mol. The van der Waals surface area contributed by atoms with Crippen LogP contribution in [0.1, 0.15) is 14.0 Å². The van der Waals surface area contributed by atoms with Crippen LogP contribution in [0.4, 0.5) is 0 Å². The largest absolute Gasteiger partial charge is 0.260 e. The molecule has 0 aliphatic carbocycles. The van der Waals surface area contributed by atoms with Crippen molar-refractivity contribution in [1.82, 2.24) is 4.98 Å². The van der Waals surface area contributed by atoms with Gasteiger partial charge >= 0.3 is 0 Å². The zero-order valence-electron chi connectivity index (χ0n) is 7.33. The van der Waals surface area contributed by atoms with Crippen LogP contribution in [0.2, 0.25) is 0 Å². The molecule has 0 N–H and O–H groups in total. The molecule has 1 heterocycles. The SMILES string of the molecule is [2H]c1nc(C)c([2H])c(C)c1Br. The van der Waals surface area contributed by atoms with E-state index in [-0.39, 0.29) is 6.17 Å². The Morgan fingerprint density at radius 2 is 2.33 bits per heavy atom. The predicted octanol–water partition coefficient (Wildman–Crippen LogP) is 2.46. The maximum absolute atomic E-state index is 7.51. The highest BCUT2D eigenvalue weighted by atomic mass is 79.9. The van der Waals surface area contributed by atoms with Crippen LogP contribution in [0.15, 0.2) is 16.7 Å². The van der Waals surface area contributed by atoms with Gasteiger partial charge in [0.1, 0.15) is 0 Å². The number of hydrogen-bond donors (Lipinski definition) is 0. The molecule has 1 rings (SSSR count). The number of aryl methyl sites for hydroxylation is 1. The molecule has 48 valence electrons. The van der Waals surface area contributed by atoms with Crippen LogP contribution in [0.3, 0.4) is 0 Å². The van der Waals surface area contributed by atoms with E-state index in [1.54, 1.807) is 13.8 Å². The van der Waals surface area contributed by atoms with Crippen molar-refractivity contribution in [2.75, 3.05) is 0 Å². The Labute approximate surface area is 66.1 Å². The van der Waals surface area contributed by atoms with Crippen LogP contribution in [0, 0.1) is 13.8 Å². The smallest absolute Gasteiger partial charge is 0.0852 e. The first-order valence-corrected chi connectivity index (χ1v) is 3.43. The molecule has 0 unspecified atom stereocenters. The minimum atomic E-state index is 0.205. The van der Waals surface area contributed by atoms with E-state index in [1.165, 1.54) is 0 Å². The van der Waals surface area contributed by atoms with Gasteiger partial charge in [0.15, 0.2) is 0 Å². The molecule has 0 fully saturated rings. The van der Waals surface area contributed by atoms with Gasteiger partial charge in [-0.3, -0.25) is 4.98 Å². The van der Waals surface area contributed by atoms with Gasteiger partial charge in [0, 0.05) is 16.3 Å². The number of halogens is 1. The number of pyridine rings is 1. The Hall–Kier alpha value is -0.370. The van der Waals surface area contributed by atoms with Crippen LogP contribution < -0.4 is 0 Å². The van der Waals surface area contributed by atoms with Crippen LogP contribution in [0.25, 0.3) is 0 Å². The van der Waals surface area contributed by atoms with Gasteiger partial charge in [-0.1, -0.05) is 0 Å². The fraction of sp³-hybridized carbons (Fsp3) is 0.286. The minimum Gasteiger partial charge on any atom is -0.260 e. The predicted molar refractivity (Wildman–Crippen MR) is 41.4 cm³/mol. The van der Waals surface area contributed by atoms with E-state index in [0.29, 0.717) is 16.2 Å². The molecule has 9 heavy (non-hydrogen) atoms. The van der Waals surface area contributed by atoms with Gasteiger partial charge in [0.25, 0.3) is 0 Å². The van der Waals surface area contributed by atoms with Crippen LogP contribution in [-0.4, -0.2) is 4.98 Å². The van der Waals surface area contributed by atoms with Gasteiger partial charge in [-0.15, -0.1) is 0 Å². The van der Waals surface area contributed by atoms with Gasteiger partial charge in [0.2, 0.25) is 0 Å². The highest BCUT2D eigenvalue weighted by Gasteiger charge is 1.92. The summed E-state index contributed by atoms with van der Waals surface area (Å²) in [6, 6.07) is 0.410. The van der Waals surface area contributed by atoms with Crippen LogP contribution in [0.5, 0.6) is 0 Å². The lowest BCUT2D eigenvalue weighted by Gasteiger charge is -1.95. The summed E-state index contributed by atoms with van der Waals surface area (Å²) < 4.78 is 15.5. The molecule has 0 aromatic carbocycles. The van der Waals surface area contributed by atoms with Crippen molar-refractivity contribution < 1.29 is 2.74 Å². The molecule has 0 radical (unpaired) electrons. The van der Waals surface area contributed by atoms with Crippen molar-refractivity contribution in [3.8, 4) is 0 Å². The van der Waals surface area contributed by atoms with Crippen molar-refractivity contribution in [2.45, 2.75) is 13.8 Å². The molecule has 0 saturated heterocycles. The van der Waals surface area contributed by atoms with E-state index < -0.39 is 0 Å². The first kappa shape index (κ1) is 4.45. The molecule has 0 bridgehead atoms. The lowest BCUT2D eigenvalue weighted by atomic mass is 10.3. The van der Waals surface area contributed by atoms with Crippen LogP contribution in [-0.2, 0) is 0 Å². The summed E-state index contributed by atoms with van der Waals surface area (Å²) in [5.41, 5.74) is 1.39. The zero-order chi connectivity index (χ0) is 8.59. The number of aromatic nitrogens is 1. The van der Waals surface area contributed by atoms with Crippen molar-refractivity contribution in [1.29, 1.82) is 0 Å².